The number of anilines is 1. The highest BCUT2D eigenvalue weighted by Gasteiger charge is 2.08. The fourth-order valence-electron chi connectivity index (χ4n) is 1.75. The number of pyridine rings is 1. The molecule has 0 spiro atoms. The van der Waals surface area contributed by atoms with Gasteiger partial charge in [-0.1, -0.05) is 12.1 Å². The lowest BCUT2D eigenvalue weighted by Gasteiger charge is -2.01. The fourth-order valence-corrected chi connectivity index (χ4v) is 1.75. The zero-order chi connectivity index (χ0) is 11.8. The van der Waals surface area contributed by atoms with Crippen molar-refractivity contribution >= 4 is 11.3 Å². The monoisotopic (exact) mass is 226 g/mol. The average Bonchev–Trinajstić information content (AvgIpc) is 2.71. The van der Waals surface area contributed by atoms with Gasteiger partial charge in [0.05, 0.1) is 6.20 Å². The second-order valence-electron chi connectivity index (χ2n) is 3.76. The molecule has 0 radical (unpaired) electrons. The molecule has 3 aromatic rings. The molecule has 0 aliphatic heterocycles. The van der Waals surface area contributed by atoms with Gasteiger partial charge in [-0.3, -0.25) is 4.40 Å². The van der Waals surface area contributed by atoms with E-state index in [9.17, 15) is 5.11 Å². The van der Waals surface area contributed by atoms with E-state index in [1.807, 2.05) is 24.3 Å². The van der Waals surface area contributed by atoms with Crippen LogP contribution in [0.5, 0.6) is 5.75 Å². The Morgan fingerprint density at radius 1 is 1.12 bits per heavy atom. The van der Waals surface area contributed by atoms with Gasteiger partial charge in [0.15, 0.2) is 11.5 Å². The Bertz CT molecular complexity index is 690. The van der Waals surface area contributed by atoms with E-state index in [2.05, 4.69) is 10.2 Å². The molecule has 0 unspecified atom stereocenters. The Balaban J connectivity index is 2.27. The largest absolute Gasteiger partial charge is 0.506 e. The molecular formula is C12H10N4O. The smallest absolute Gasteiger partial charge is 0.168 e. The first-order valence-electron chi connectivity index (χ1n) is 5.14. The van der Waals surface area contributed by atoms with Crippen molar-refractivity contribution in [3.8, 4) is 17.1 Å². The third-order valence-corrected chi connectivity index (χ3v) is 2.53. The molecule has 0 aliphatic carbocycles. The van der Waals surface area contributed by atoms with Crippen LogP contribution in [0.15, 0.2) is 42.6 Å². The predicted octanol–water partition coefficient (Wildman–Crippen LogP) is 1.68. The Morgan fingerprint density at radius 3 is 2.82 bits per heavy atom. The van der Waals surface area contributed by atoms with Gasteiger partial charge in [0, 0.05) is 11.3 Å². The van der Waals surface area contributed by atoms with Crippen LogP contribution in [0.2, 0.25) is 0 Å². The minimum atomic E-state index is 0.169. The van der Waals surface area contributed by atoms with Gasteiger partial charge in [-0.2, -0.15) is 0 Å². The Labute approximate surface area is 97.1 Å². The molecule has 0 saturated carbocycles. The van der Waals surface area contributed by atoms with Gasteiger partial charge in [-0.05, 0) is 24.3 Å². The van der Waals surface area contributed by atoms with Gasteiger partial charge in [0.1, 0.15) is 5.75 Å². The van der Waals surface area contributed by atoms with Gasteiger partial charge >= 0.3 is 0 Å². The number of nitrogens with zero attached hydrogens (tertiary/aromatic N) is 3. The molecule has 5 nitrogen and oxygen atoms in total. The Hall–Kier alpha value is -2.56. The summed E-state index contributed by atoms with van der Waals surface area (Å²) in [6.07, 6.45) is 1.58. The zero-order valence-electron chi connectivity index (χ0n) is 8.91. The van der Waals surface area contributed by atoms with E-state index in [1.54, 1.807) is 22.7 Å². The van der Waals surface area contributed by atoms with E-state index >= 15 is 0 Å². The van der Waals surface area contributed by atoms with Crippen molar-refractivity contribution in [1.82, 2.24) is 14.6 Å². The molecule has 0 atom stereocenters. The quantitative estimate of drug-likeness (QED) is 0.619. The van der Waals surface area contributed by atoms with Crippen LogP contribution in [0, 0.1) is 0 Å². The molecule has 5 heteroatoms. The van der Waals surface area contributed by atoms with E-state index in [1.165, 1.54) is 0 Å². The average molecular weight is 226 g/mol. The summed E-state index contributed by atoms with van der Waals surface area (Å²) in [7, 11) is 0. The highest BCUT2D eigenvalue weighted by molar-refractivity contribution is 5.64. The normalized spacial score (nSPS) is 10.8. The number of hydrogen-bond donors (Lipinski definition) is 2. The van der Waals surface area contributed by atoms with Crippen LogP contribution < -0.4 is 5.73 Å². The van der Waals surface area contributed by atoms with Crippen molar-refractivity contribution < 1.29 is 5.11 Å². The fraction of sp³-hybridized carbons (Fsp3) is 0. The van der Waals surface area contributed by atoms with E-state index in [0.29, 0.717) is 17.2 Å². The van der Waals surface area contributed by atoms with Crippen molar-refractivity contribution in [1.29, 1.82) is 0 Å². The van der Waals surface area contributed by atoms with Crippen molar-refractivity contribution in [2.75, 3.05) is 5.73 Å². The minimum absolute atomic E-state index is 0.169. The molecule has 2 heterocycles. The molecule has 0 saturated heterocycles. The lowest BCUT2D eigenvalue weighted by atomic mass is 10.2. The van der Waals surface area contributed by atoms with Crippen LogP contribution >= 0.6 is 0 Å². The lowest BCUT2D eigenvalue weighted by molar-refractivity contribution is 0.472. The number of fused-ring (bicyclic) bond motifs is 1. The third-order valence-electron chi connectivity index (χ3n) is 2.53. The third kappa shape index (κ3) is 1.57. The maximum Gasteiger partial charge on any atom is 0.168 e. The summed E-state index contributed by atoms with van der Waals surface area (Å²) in [5.74, 6) is 0.825. The molecule has 84 valence electrons. The molecule has 1 aromatic carbocycles. The predicted molar refractivity (Wildman–Crippen MR) is 64.5 cm³/mol. The maximum absolute atomic E-state index is 9.47. The van der Waals surface area contributed by atoms with Crippen LogP contribution in [0.1, 0.15) is 0 Å². The van der Waals surface area contributed by atoms with Gasteiger partial charge in [-0.25, -0.2) is 0 Å². The first-order valence-corrected chi connectivity index (χ1v) is 5.14. The maximum atomic E-state index is 9.47. The van der Waals surface area contributed by atoms with Gasteiger partial charge in [0.25, 0.3) is 0 Å². The molecule has 2 aromatic heterocycles. The molecule has 3 N–H and O–H groups in total. The summed E-state index contributed by atoms with van der Waals surface area (Å²) >= 11 is 0. The molecule has 0 amide bonds. The molecule has 0 fully saturated rings. The van der Waals surface area contributed by atoms with Gasteiger partial charge in [0.2, 0.25) is 0 Å². The second-order valence-corrected chi connectivity index (χ2v) is 3.76. The van der Waals surface area contributed by atoms with Crippen LogP contribution in [0.25, 0.3) is 17.0 Å². The molecule has 0 aliphatic rings. The molecule has 0 bridgehead atoms. The van der Waals surface area contributed by atoms with Crippen LogP contribution in [0.4, 0.5) is 5.69 Å². The summed E-state index contributed by atoms with van der Waals surface area (Å²) in [6.45, 7) is 0. The Kier molecular flexibility index (Phi) is 1.98. The van der Waals surface area contributed by atoms with Gasteiger partial charge in [-0.15, -0.1) is 10.2 Å². The Morgan fingerprint density at radius 2 is 2.00 bits per heavy atom. The van der Waals surface area contributed by atoms with E-state index in [-0.39, 0.29) is 5.75 Å². The summed E-state index contributed by atoms with van der Waals surface area (Å²) < 4.78 is 1.73. The highest BCUT2D eigenvalue weighted by Crippen LogP contribution is 2.21. The summed E-state index contributed by atoms with van der Waals surface area (Å²) in [4.78, 5) is 0. The molecular weight excluding hydrogens is 216 g/mol. The van der Waals surface area contributed by atoms with Crippen molar-refractivity contribution in [3.63, 3.8) is 0 Å². The second kappa shape index (κ2) is 3.48. The number of hydrogen-bond acceptors (Lipinski definition) is 4. The van der Waals surface area contributed by atoms with Crippen LogP contribution in [-0.4, -0.2) is 19.7 Å². The van der Waals surface area contributed by atoms with Crippen LogP contribution in [-0.2, 0) is 0 Å². The molecule has 17 heavy (non-hydrogen) atoms. The number of aromatic hydroxyl groups is 1. The van der Waals surface area contributed by atoms with Crippen molar-refractivity contribution in [3.05, 3.63) is 42.6 Å². The molecule has 3 rings (SSSR count). The number of rotatable bonds is 1. The number of aromatic nitrogens is 3. The first-order chi connectivity index (χ1) is 8.24. The van der Waals surface area contributed by atoms with E-state index < -0.39 is 0 Å². The number of nitrogen functional groups attached to an aromatic ring is 1. The number of benzene rings is 1. The summed E-state index contributed by atoms with van der Waals surface area (Å²) in [6, 6.07) is 10.7. The topological polar surface area (TPSA) is 76.4 Å². The summed E-state index contributed by atoms with van der Waals surface area (Å²) in [5, 5.41) is 17.6. The van der Waals surface area contributed by atoms with Crippen LogP contribution in [0.3, 0.4) is 0 Å². The number of nitrogens with two attached hydrogens (primary N) is 1. The lowest BCUT2D eigenvalue weighted by Crippen LogP contribution is -1.90. The van der Waals surface area contributed by atoms with E-state index in [4.69, 9.17) is 5.73 Å². The van der Waals surface area contributed by atoms with E-state index in [0.717, 1.165) is 5.56 Å². The highest BCUT2D eigenvalue weighted by atomic mass is 16.3. The minimum Gasteiger partial charge on any atom is -0.506 e. The SMILES string of the molecule is Nc1cccc(-c2nnc3ccc(O)cn23)c1. The standard InChI is InChI=1S/C12H10N4O/c13-9-3-1-2-8(6-9)12-15-14-11-5-4-10(17)7-16(11)12/h1-7,17H,13H2. The zero-order valence-corrected chi connectivity index (χ0v) is 8.91. The summed E-state index contributed by atoms with van der Waals surface area (Å²) in [5.41, 5.74) is 7.94. The first kappa shape index (κ1) is 9.65. The van der Waals surface area contributed by atoms with Gasteiger partial charge < -0.3 is 10.8 Å². The van der Waals surface area contributed by atoms with Crippen molar-refractivity contribution in [2.24, 2.45) is 0 Å². The van der Waals surface area contributed by atoms with Crippen molar-refractivity contribution in [2.45, 2.75) is 0 Å².